The number of piperazine rings is 1. The van der Waals surface area contributed by atoms with Crippen LogP contribution in [0.25, 0.3) is 0 Å². The third-order valence-corrected chi connectivity index (χ3v) is 4.66. The molecule has 1 saturated heterocycles. The van der Waals surface area contributed by atoms with E-state index in [4.69, 9.17) is 9.52 Å². The Hall–Kier alpha value is -1.68. The summed E-state index contributed by atoms with van der Waals surface area (Å²) in [4.78, 5) is 9.45. The number of aliphatic imine (C=N–C) groups is 1. The lowest BCUT2D eigenvalue weighted by Gasteiger charge is -2.36. The molecule has 0 unspecified atom stereocenters. The van der Waals surface area contributed by atoms with Crippen LogP contribution in [0.15, 0.2) is 46.1 Å². The number of halogens is 2. The number of benzene rings is 1. The van der Waals surface area contributed by atoms with Crippen molar-refractivity contribution in [2.75, 3.05) is 39.3 Å². The molecule has 2 heterocycles. The molecule has 0 saturated carbocycles. The summed E-state index contributed by atoms with van der Waals surface area (Å²) in [6.45, 7) is 8.32. The minimum absolute atomic E-state index is 0. The molecule has 154 valence electrons. The predicted molar refractivity (Wildman–Crippen MR) is 119 cm³/mol. The molecule has 0 amide bonds. The number of hydrogen-bond donors (Lipinski definition) is 1. The van der Waals surface area contributed by atoms with Crippen molar-refractivity contribution in [1.82, 2.24) is 20.3 Å². The first-order valence-corrected chi connectivity index (χ1v) is 9.64. The molecule has 1 aromatic carbocycles. The van der Waals surface area contributed by atoms with E-state index < -0.39 is 0 Å². The molecule has 0 aliphatic carbocycles. The summed E-state index contributed by atoms with van der Waals surface area (Å²) in [5, 5.41) is 7.37. The second-order valence-electron chi connectivity index (χ2n) is 6.72. The average molecular weight is 501 g/mol. The Balaban J connectivity index is 0.00000280. The van der Waals surface area contributed by atoms with Crippen LogP contribution in [0, 0.1) is 5.82 Å². The maximum atomic E-state index is 13.2. The fourth-order valence-electron chi connectivity index (χ4n) is 3.25. The van der Waals surface area contributed by atoms with Crippen LogP contribution in [0.4, 0.5) is 4.39 Å². The van der Waals surface area contributed by atoms with Gasteiger partial charge in [-0.15, -0.1) is 24.0 Å². The molecule has 1 aliphatic rings. The van der Waals surface area contributed by atoms with Crippen molar-refractivity contribution in [2.24, 2.45) is 4.99 Å². The number of guanidine groups is 1. The molecule has 1 N–H and O–H groups in total. The van der Waals surface area contributed by atoms with Crippen LogP contribution < -0.4 is 5.32 Å². The topological polar surface area (TPSA) is 56.9 Å². The molecule has 2 aromatic rings. The van der Waals surface area contributed by atoms with E-state index in [0.717, 1.165) is 75.9 Å². The van der Waals surface area contributed by atoms with Gasteiger partial charge in [0.05, 0.1) is 5.69 Å². The summed E-state index contributed by atoms with van der Waals surface area (Å²) >= 11 is 0. The highest BCUT2D eigenvalue weighted by Crippen LogP contribution is 2.09. The Kier molecular flexibility index (Phi) is 9.69. The quantitative estimate of drug-likeness (QED) is 0.274. The van der Waals surface area contributed by atoms with Gasteiger partial charge in [0.2, 0.25) is 0 Å². The third-order valence-electron chi connectivity index (χ3n) is 4.66. The van der Waals surface area contributed by atoms with Gasteiger partial charge in [0, 0.05) is 51.9 Å². The Morgan fingerprint density at radius 3 is 2.75 bits per heavy atom. The van der Waals surface area contributed by atoms with Crippen molar-refractivity contribution in [3.8, 4) is 0 Å². The lowest BCUT2D eigenvalue weighted by atomic mass is 10.1. The Morgan fingerprint density at radius 2 is 2.07 bits per heavy atom. The first kappa shape index (κ1) is 22.6. The second kappa shape index (κ2) is 12.0. The lowest BCUT2D eigenvalue weighted by Crippen LogP contribution is -2.52. The van der Waals surface area contributed by atoms with Gasteiger partial charge in [-0.2, -0.15) is 0 Å². The first-order chi connectivity index (χ1) is 13.2. The average Bonchev–Trinajstić information content (AvgIpc) is 3.18. The normalized spacial score (nSPS) is 15.4. The highest BCUT2D eigenvalue weighted by Gasteiger charge is 2.20. The molecule has 0 bridgehead atoms. The molecule has 3 rings (SSSR count). The van der Waals surface area contributed by atoms with Gasteiger partial charge >= 0.3 is 0 Å². The molecule has 0 radical (unpaired) electrons. The smallest absolute Gasteiger partial charge is 0.194 e. The van der Waals surface area contributed by atoms with Crippen molar-refractivity contribution in [1.29, 1.82) is 0 Å². The number of nitrogens with one attached hydrogen (secondary N) is 1. The SMILES string of the molecule is CCNC(=NCCCc1cccc(F)c1)N1CCN(Cc2ccon2)CC1.I. The summed E-state index contributed by atoms with van der Waals surface area (Å²) in [6, 6.07) is 8.72. The monoisotopic (exact) mass is 501 g/mol. The van der Waals surface area contributed by atoms with Crippen molar-refractivity contribution < 1.29 is 8.91 Å². The molecule has 1 aromatic heterocycles. The molecule has 6 nitrogen and oxygen atoms in total. The Morgan fingerprint density at radius 1 is 1.25 bits per heavy atom. The Bertz CT molecular complexity index is 717. The van der Waals surface area contributed by atoms with Crippen LogP contribution in [0.1, 0.15) is 24.6 Å². The molecule has 28 heavy (non-hydrogen) atoms. The van der Waals surface area contributed by atoms with Crippen LogP contribution in [-0.2, 0) is 13.0 Å². The van der Waals surface area contributed by atoms with Gasteiger partial charge < -0.3 is 14.7 Å². The van der Waals surface area contributed by atoms with Gasteiger partial charge in [0.15, 0.2) is 5.96 Å². The lowest BCUT2D eigenvalue weighted by molar-refractivity contribution is 0.169. The first-order valence-electron chi connectivity index (χ1n) is 9.64. The number of rotatable bonds is 7. The van der Waals surface area contributed by atoms with Gasteiger partial charge in [-0.1, -0.05) is 17.3 Å². The number of aromatic nitrogens is 1. The summed E-state index contributed by atoms with van der Waals surface area (Å²) in [5.41, 5.74) is 2.00. The molecule has 1 fully saturated rings. The van der Waals surface area contributed by atoms with E-state index in [1.807, 2.05) is 12.1 Å². The van der Waals surface area contributed by atoms with Crippen molar-refractivity contribution in [2.45, 2.75) is 26.3 Å². The van der Waals surface area contributed by atoms with Gasteiger partial charge in [0.1, 0.15) is 12.1 Å². The maximum absolute atomic E-state index is 13.2. The van der Waals surface area contributed by atoms with Crippen molar-refractivity contribution >= 4 is 29.9 Å². The summed E-state index contributed by atoms with van der Waals surface area (Å²) in [5.74, 6) is 0.797. The fraction of sp³-hybridized carbons (Fsp3) is 0.500. The summed E-state index contributed by atoms with van der Waals surface area (Å²) < 4.78 is 18.1. The van der Waals surface area contributed by atoms with E-state index in [0.29, 0.717) is 0 Å². The number of hydrogen-bond acceptors (Lipinski definition) is 4. The van der Waals surface area contributed by atoms with E-state index in [2.05, 4.69) is 27.2 Å². The molecular weight excluding hydrogens is 472 g/mol. The summed E-state index contributed by atoms with van der Waals surface area (Å²) in [6.07, 6.45) is 3.36. The molecule has 0 atom stereocenters. The molecular formula is C20H29FIN5O. The van der Waals surface area contributed by atoms with Gasteiger partial charge in [-0.25, -0.2) is 4.39 Å². The van der Waals surface area contributed by atoms with Crippen molar-refractivity contribution in [3.63, 3.8) is 0 Å². The van der Waals surface area contributed by atoms with Crippen molar-refractivity contribution in [3.05, 3.63) is 53.7 Å². The molecule has 1 aliphatic heterocycles. The zero-order chi connectivity index (χ0) is 18.9. The highest BCUT2D eigenvalue weighted by atomic mass is 127. The fourth-order valence-corrected chi connectivity index (χ4v) is 3.25. The Labute approximate surface area is 183 Å². The van der Waals surface area contributed by atoms with E-state index in [1.54, 1.807) is 18.4 Å². The van der Waals surface area contributed by atoms with Crippen LogP contribution >= 0.6 is 24.0 Å². The molecule has 8 heteroatoms. The minimum atomic E-state index is -0.173. The zero-order valence-corrected chi connectivity index (χ0v) is 18.6. The number of nitrogens with zero attached hydrogens (tertiary/aromatic N) is 4. The van der Waals surface area contributed by atoms with Gasteiger partial charge in [0.25, 0.3) is 0 Å². The van der Waals surface area contributed by atoms with E-state index in [1.165, 1.54) is 6.07 Å². The highest BCUT2D eigenvalue weighted by molar-refractivity contribution is 14.0. The second-order valence-corrected chi connectivity index (χ2v) is 6.72. The van der Waals surface area contributed by atoms with Gasteiger partial charge in [-0.05, 0) is 37.5 Å². The van der Waals surface area contributed by atoms with Crippen LogP contribution in [-0.4, -0.2) is 60.2 Å². The zero-order valence-electron chi connectivity index (χ0n) is 16.3. The van der Waals surface area contributed by atoms with Crippen LogP contribution in [0.5, 0.6) is 0 Å². The largest absolute Gasteiger partial charge is 0.364 e. The maximum Gasteiger partial charge on any atom is 0.194 e. The minimum Gasteiger partial charge on any atom is -0.364 e. The summed E-state index contributed by atoms with van der Waals surface area (Å²) in [7, 11) is 0. The predicted octanol–water partition coefficient (Wildman–Crippen LogP) is 3.15. The van der Waals surface area contributed by atoms with E-state index >= 15 is 0 Å². The van der Waals surface area contributed by atoms with E-state index in [-0.39, 0.29) is 29.8 Å². The van der Waals surface area contributed by atoms with Crippen LogP contribution in [0.2, 0.25) is 0 Å². The third kappa shape index (κ3) is 7.05. The molecule has 0 spiro atoms. The van der Waals surface area contributed by atoms with Crippen LogP contribution in [0.3, 0.4) is 0 Å². The standard InChI is InChI=1S/C20H28FN5O.HI/c1-2-22-20(23-9-4-6-17-5-3-7-18(21)15-17)26-12-10-25(11-13-26)16-19-8-14-27-24-19;/h3,5,7-8,14-15H,2,4,6,9-13,16H2,1H3,(H,22,23);1H. The number of aryl methyl sites for hydroxylation is 1. The van der Waals surface area contributed by atoms with E-state index in [9.17, 15) is 4.39 Å². The van der Waals surface area contributed by atoms with Gasteiger partial charge in [-0.3, -0.25) is 9.89 Å².